The molecule has 0 aliphatic heterocycles. The van der Waals surface area contributed by atoms with Crippen LogP contribution in [0.3, 0.4) is 0 Å². The van der Waals surface area contributed by atoms with Crippen molar-refractivity contribution in [2.75, 3.05) is 6.54 Å². The highest BCUT2D eigenvalue weighted by molar-refractivity contribution is 9.11. The number of benzene rings is 1. The first-order chi connectivity index (χ1) is 6.20. The molecule has 3 heteroatoms. The van der Waals surface area contributed by atoms with Gasteiger partial charge in [-0.05, 0) is 6.07 Å². The number of rotatable bonds is 4. The van der Waals surface area contributed by atoms with Crippen LogP contribution in [-0.2, 0) is 6.54 Å². The standard InChI is InChI=1S/C10H12BrNO/c1-8(11)6-12-7-9-4-2-3-5-10(9)13/h2-5,12-13H,1,6-7H2. The maximum absolute atomic E-state index is 9.40. The highest BCUT2D eigenvalue weighted by Gasteiger charge is 1.97. The predicted octanol–water partition coefficient (Wildman–Crippen LogP) is 2.39. The summed E-state index contributed by atoms with van der Waals surface area (Å²) < 4.78 is 0.905. The van der Waals surface area contributed by atoms with Crippen LogP contribution in [-0.4, -0.2) is 11.7 Å². The van der Waals surface area contributed by atoms with Crippen molar-refractivity contribution >= 4 is 15.9 Å². The van der Waals surface area contributed by atoms with Gasteiger partial charge in [0, 0.05) is 23.1 Å². The molecule has 0 saturated heterocycles. The van der Waals surface area contributed by atoms with Gasteiger partial charge in [0.15, 0.2) is 0 Å². The lowest BCUT2D eigenvalue weighted by Crippen LogP contribution is -2.14. The molecule has 0 saturated carbocycles. The molecule has 0 atom stereocenters. The second-order valence-corrected chi connectivity index (χ2v) is 3.87. The fourth-order valence-corrected chi connectivity index (χ4v) is 1.19. The van der Waals surface area contributed by atoms with Crippen LogP contribution in [0.5, 0.6) is 5.75 Å². The summed E-state index contributed by atoms with van der Waals surface area (Å²) in [5.41, 5.74) is 0.899. The summed E-state index contributed by atoms with van der Waals surface area (Å²) in [5.74, 6) is 0.329. The van der Waals surface area contributed by atoms with Crippen LogP contribution in [0.1, 0.15) is 5.56 Å². The molecule has 2 nitrogen and oxygen atoms in total. The molecular formula is C10H12BrNO. The van der Waals surface area contributed by atoms with E-state index in [1.165, 1.54) is 0 Å². The van der Waals surface area contributed by atoms with E-state index in [-0.39, 0.29) is 0 Å². The number of hydrogen-bond acceptors (Lipinski definition) is 2. The van der Waals surface area contributed by atoms with Crippen molar-refractivity contribution in [2.45, 2.75) is 6.54 Å². The van der Waals surface area contributed by atoms with Crippen molar-refractivity contribution in [3.8, 4) is 5.75 Å². The van der Waals surface area contributed by atoms with Crippen LogP contribution >= 0.6 is 15.9 Å². The number of halogens is 1. The maximum atomic E-state index is 9.40. The molecule has 0 spiro atoms. The third-order valence-electron chi connectivity index (χ3n) is 1.62. The van der Waals surface area contributed by atoms with Crippen LogP contribution in [0.4, 0.5) is 0 Å². The smallest absolute Gasteiger partial charge is 0.120 e. The van der Waals surface area contributed by atoms with Gasteiger partial charge < -0.3 is 10.4 Å². The molecule has 0 aromatic heterocycles. The van der Waals surface area contributed by atoms with E-state index in [0.29, 0.717) is 18.8 Å². The van der Waals surface area contributed by atoms with E-state index in [4.69, 9.17) is 0 Å². The third-order valence-corrected chi connectivity index (χ3v) is 1.90. The number of aromatic hydroxyl groups is 1. The molecule has 0 heterocycles. The minimum atomic E-state index is 0.329. The number of hydrogen-bond donors (Lipinski definition) is 2. The molecule has 1 aromatic rings. The molecule has 0 bridgehead atoms. The molecule has 13 heavy (non-hydrogen) atoms. The van der Waals surface area contributed by atoms with E-state index >= 15 is 0 Å². The average molecular weight is 242 g/mol. The first-order valence-corrected chi connectivity index (χ1v) is 4.80. The summed E-state index contributed by atoms with van der Waals surface area (Å²) >= 11 is 3.25. The molecule has 1 rings (SSSR count). The molecular weight excluding hydrogens is 230 g/mol. The van der Waals surface area contributed by atoms with Crippen LogP contribution in [0, 0.1) is 0 Å². The Labute approximate surface area is 86.4 Å². The monoisotopic (exact) mass is 241 g/mol. The van der Waals surface area contributed by atoms with Gasteiger partial charge in [0.05, 0.1) is 0 Å². The van der Waals surface area contributed by atoms with E-state index in [1.807, 2.05) is 18.2 Å². The average Bonchev–Trinajstić information content (AvgIpc) is 2.08. The number of phenols is 1. The van der Waals surface area contributed by atoms with Crippen LogP contribution in [0.25, 0.3) is 0 Å². The third kappa shape index (κ3) is 3.61. The second kappa shape index (κ2) is 5.04. The van der Waals surface area contributed by atoms with Crippen LogP contribution < -0.4 is 5.32 Å². The van der Waals surface area contributed by atoms with Gasteiger partial charge in [0.2, 0.25) is 0 Å². The van der Waals surface area contributed by atoms with Gasteiger partial charge in [-0.15, -0.1) is 0 Å². The second-order valence-electron chi connectivity index (χ2n) is 2.75. The zero-order chi connectivity index (χ0) is 9.68. The van der Waals surface area contributed by atoms with Crippen LogP contribution in [0.2, 0.25) is 0 Å². The SMILES string of the molecule is C=C(Br)CNCc1ccccc1O. The van der Waals surface area contributed by atoms with Gasteiger partial charge in [-0.3, -0.25) is 0 Å². The highest BCUT2D eigenvalue weighted by atomic mass is 79.9. The molecule has 0 unspecified atom stereocenters. The molecule has 70 valence electrons. The first kappa shape index (κ1) is 10.3. The van der Waals surface area contributed by atoms with Crippen molar-refractivity contribution in [3.63, 3.8) is 0 Å². The van der Waals surface area contributed by atoms with Gasteiger partial charge >= 0.3 is 0 Å². The summed E-state index contributed by atoms with van der Waals surface area (Å²) in [6.07, 6.45) is 0. The van der Waals surface area contributed by atoms with Gasteiger partial charge in [0.1, 0.15) is 5.75 Å². The summed E-state index contributed by atoms with van der Waals surface area (Å²) in [6.45, 7) is 5.05. The van der Waals surface area contributed by atoms with Gasteiger partial charge in [-0.2, -0.15) is 0 Å². The minimum absolute atomic E-state index is 0.329. The number of nitrogens with one attached hydrogen (secondary N) is 1. The van der Waals surface area contributed by atoms with E-state index < -0.39 is 0 Å². The Morgan fingerprint density at radius 3 is 2.77 bits per heavy atom. The Kier molecular flexibility index (Phi) is 3.99. The van der Waals surface area contributed by atoms with E-state index in [1.54, 1.807) is 6.07 Å². The molecule has 1 aromatic carbocycles. The van der Waals surface area contributed by atoms with Crippen molar-refractivity contribution in [1.29, 1.82) is 0 Å². The molecule has 0 radical (unpaired) electrons. The van der Waals surface area contributed by atoms with E-state index in [9.17, 15) is 5.11 Å². The fourth-order valence-electron chi connectivity index (χ4n) is 0.993. The Bertz CT molecular complexity index is 299. The number of phenolic OH excluding ortho intramolecular Hbond substituents is 1. The summed E-state index contributed by atoms with van der Waals surface area (Å²) in [4.78, 5) is 0. The lowest BCUT2D eigenvalue weighted by atomic mass is 10.2. The summed E-state index contributed by atoms with van der Waals surface area (Å²) in [5, 5.41) is 12.5. The summed E-state index contributed by atoms with van der Waals surface area (Å²) in [6, 6.07) is 7.28. The minimum Gasteiger partial charge on any atom is -0.508 e. The van der Waals surface area contributed by atoms with Gasteiger partial charge in [-0.25, -0.2) is 0 Å². The predicted molar refractivity (Wildman–Crippen MR) is 57.9 cm³/mol. The zero-order valence-electron chi connectivity index (χ0n) is 7.26. The lowest BCUT2D eigenvalue weighted by molar-refractivity contribution is 0.465. The molecule has 0 aliphatic carbocycles. The molecule has 0 aliphatic rings. The van der Waals surface area contributed by atoms with Crippen molar-refractivity contribution in [2.24, 2.45) is 0 Å². The van der Waals surface area contributed by atoms with Crippen molar-refractivity contribution in [1.82, 2.24) is 5.32 Å². The molecule has 0 amide bonds. The van der Waals surface area contributed by atoms with Gasteiger partial charge in [-0.1, -0.05) is 40.7 Å². The first-order valence-electron chi connectivity index (χ1n) is 4.01. The molecule has 2 N–H and O–H groups in total. The normalized spacial score (nSPS) is 9.92. The van der Waals surface area contributed by atoms with Gasteiger partial charge in [0.25, 0.3) is 0 Å². The lowest BCUT2D eigenvalue weighted by Gasteiger charge is -2.05. The zero-order valence-corrected chi connectivity index (χ0v) is 8.84. The largest absolute Gasteiger partial charge is 0.508 e. The quantitative estimate of drug-likeness (QED) is 0.849. The fraction of sp³-hybridized carbons (Fsp3) is 0.200. The topological polar surface area (TPSA) is 32.3 Å². The summed E-state index contributed by atoms with van der Waals surface area (Å²) in [7, 11) is 0. The number of para-hydroxylation sites is 1. The highest BCUT2D eigenvalue weighted by Crippen LogP contribution is 2.14. The van der Waals surface area contributed by atoms with Crippen molar-refractivity contribution < 1.29 is 5.11 Å². The Hall–Kier alpha value is -0.800. The van der Waals surface area contributed by atoms with E-state index in [2.05, 4.69) is 27.8 Å². The van der Waals surface area contributed by atoms with Crippen LogP contribution in [0.15, 0.2) is 35.3 Å². The van der Waals surface area contributed by atoms with Crippen molar-refractivity contribution in [3.05, 3.63) is 40.9 Å². The Morgan fingerprint density at radius 2 is 2.15 bits per heavy atom. The maximum Gasteiger partial charge on any atom is 0.120 e. The van der Waals surface area contributed by atoms with E-state index in [0.717, 1.165) is 10.0 Å². The Morgan fingerprint density at radius 1 is 1.46 bits per heavy atom. The Balaban J connectivity index is 2.45. The molecule has 0 fully saturated rings.